The smallest absolute Gasteiger partial charge is 0.253 e. The van der Waals surface area contributed by atoms with E-state index in [4.69, 9.17) is 0 Å². The molecule has 3 aromatic rings. The van der Waals surface area contributed by atoms with Gasteiger partial charge in [-0.1, -0.05) is 48.5 Å². The van der Waals surface area contributed by atoms with Crippen LogP contribution in [-0.4, -0.2) is 48.8 Å². The monoisotopic (exact) mass is 448 g/mol. The highest BCUT2D eigenvalue weighted by Crippen LogP contribution is 2.39. The molecule has 1 aliphatic heterocycles. The summed E-state index contributed by atoms with van der Waals surface area (Å²) in [6.45, 7) is 0.599. The summed E-state index contributed by atoms with van der Waals surface area (Å²) in [5.74, 6) is -1.19. The first-order valence-corrected chi connectivity index (χ1v) is 10.9. The molecule has 2 amide bonds. The maximum atomic E-state index is 14.6. The van der Waals surface area contributed by atoms with Crippen LogP contribution in [0.15, 0.2) is 72.8 Å². The predicted octanol–water partition coefficient (Wildman–Crippen LogP) is 4.80. The summed E-state index contributed by atoms with van der Waals surface area (Å²) in [5, 5.41) is 0. The van der Waals surface area contributed by atoms with Crippen molar-refractivity contribution in [1.29, 1.82) is 0 Å². The number of carbonyl (C=O) groups is 2. The molecular weight excluding hydrogens is 422 g/mol. The number of carbonyl (C=O) groups excluding carboxylic acids is 2. The third-order valence-electron chi connectivity index (χ3n) is 6.28. The zero-order chi connectivity index (χ0) is 23.6. The molecule has 1 heterocycles. The van der Waals surface area contributed by atoms with Gasteiger partial charge in [0.2, 0.25) is 5.91 Å². The Morgan fingerprint density at radius 3 is 2.33 bits per heavy atom. The van der Waals surface area contributed by atoms with Crippen molar-refractivity contribution in [2.75, 3.05) is 27.2 Å². The van der Waals surface area contributed by atoms with Gasteiger partial charge in [0.05, 0.1) is 5.41 Å². The molecule has 4 rings (SSSR count). The van der Waals surface area contributed by atoms with Gasteiger partial charge in [-0.25, -0.2) is 8.78 Å². The summed E-state index contributed by atoms with van der Waals surface area (Å²) < 4.78 is 28.2. The van der Waals surface area contributed by atoms with Crippen molar-refractivity contribution in [3.8, 4) is 11.1 Å². The number of halogens is 2. The number of hydrogen-bond donors (Lipinski definition) is 0. The van der Waals surface area contributed by atoms with Crippen molar-refractivity contribution in [1.82, 2.24) is 9.80 Å². The summed E-state index contributed by atoms with van der Waals surface area (Å²) in [5.41, 5.74) is 1.46. The molecule has 1 atom stereocenters. The topological polar surface area (TPSA) is 40.6 Å². The molecule has 33 heavy (non-hydrogen) atoms. The van der Waals surface area contributed by atoms with E-state index in [0.29, 0.717) is 24.9 Å². The molecule has 0 bridgehead atoms. The van der Waals surface area contributed by atoms with Crippen LogP contribution in [0.2, 0.25) is 0 Å². The summed E-state index contributed by atoms with van der Waals surface area (Å²) >= 11 is 0. The van der Waals surface area contributed by atoms with E-state index in [-0.39, 0.29) is 29.7 Å². The summed E-state index contributed by atoms with van der Waals surface area (Å²) in [7, 11) is 3.40. The molecule has 0 N–H and O–H groups in total. The Morgan fingerprint density at radius 1 is 0.939 bits per heavy atom. The molecule has 1 unspecified atom stereocenters. The fourth-order valence-electron chi connectivity index (χ4n) is 4.70. The number of hydrogen-bond acceptors (Lipinski definition) is 2. The standard InChI is InChI=1S/C27H26F2N2O2/c1-30(2)26(33)27(14-15-31(18-27)25(32)19-9-7-10-21(28)16-19)17-20-8-3-4-11-22(20)23-12-5-6-13-24(23)29/h3-13,16H,14-15,17-18H2,1-2H3. The number of rotatable bonds is 5. The van der Waals surface area contributed by atoms with Gasteiger partial charge in [-0.05, 0) is 48.2 Å². The lowest BCUT2D eigenvalue weighted by atomic mass is 9.77. The lowest BCUT2D eigenvalue weighted by molar-refractivity contribution is -0.138. The van der Waals surface area contributed by atoms with Crippen molar-refractivity contribution in [2.45, 2.75) is 12.8 Å². The number of benzene rings is 3. The van der Waals surface area contributed by atoms with E-state index >= 15 is 0 Å². The van der Waals surface area contributed by atoms with Crippen molar-refractivity contribution in [2.24, 2.45) is 5.41 Å². The maximum Gasteiger partial charge on any atom is 0.253 e. The molecule has 0 spiro atoms. The molecule has 6 heteroatoms. The van der Waals surface area contributed by atoms with E-state index in [1.54, 1.807) is 48.2 Å². The van der Waals surface area contributed by atoms with Crippen LogP contribution in [0.3, 0.4) is 0 Å². The molecular formula is C27H26F2N2O2. The van der Waals surface area contributed by atoms with Gasteiger partial charge in [-0.3, -0.25) is 9.59 Å². The van der Waals surface area contributed by atoms with E-state index in [2.05, 4.69) is 0 Å². The fraction of sp³-hybridized carbons (Fsp3) is 0.259. The quantitative estimate of drug-likeness (QED) is 0.563. The Hall–Kier alpha value is -3.54. The minimum atomic E-state index is -0.853. The third-order valence-corrected chi connectivity index (χ3v) is 6.28. The van der Waals surface area contributed by atoms with Crippen LogP contribution < -0.4 is 0 Å². The molecule has 0 aliphatic carbocycles. The number of amides is 2. The molecule has 0 aromatic heterocycles. The highest BCUT2D eigenvalue weighted by Gasteiger charge is 2.47. The van der Waals surface area contributed by atoms with Crippen LogP contribution in [0, 0.1) is 17.0 Å². The lowest BCUT2D eigenvalue weighted by Crippen LogP contribution is -2.44. The van der Waals surface area contributed by atoms with Crippen LogP contribution in [0.1, 0.15) is 22.3 Å². The van der Waals surface area contributed by atoms with Crippen LogP contribution in [0.5, 0.6) is 0 Å². The fourth-order valence-corrected chi connectivity index (χ4v) is 4.70. The predicted molar refractivity (Wildman–Crippen MR) is 124 cm³/mol. The molecule has 3 aromatic carbocycles. The van der Waals surface area contributed by atoms with E-state index < -0.39 is 11.2 Å². The van der Waals surface area contributed by atoms with Crippen molar-refractivity contribution >= 4 is 11.8 Å². The van der Waals surface area contributed by atoms with Crippen LogP contribution in [-0.2, 0) is 11.2 Å². The highest BCUT2D eigenvalue weighted by molar-refractivity contribution is 5.95. The Morgan fingerprint density at radius 2 is 1.64 bits per heavy atom. The zero-order valence-electron chi connectivity index (χ0n) is 18.7. The summed E-state index contributed by atoms with van der Waals surface area (Å²) in [6.07, 6.45) is 0.831. The van der Waals surface area contributed by atoms with Crippen molar-refractivity contribution < 1.29 is 18.4 Å². The molecule has 1 aliphatic rings. The second kappa shape index (κ2) is 9.14. The van der Waals surface area contributed by atoms with Gasteiger partial charge in [0.1, 0.15) is 11.6 Å². The Kier molecular flexibility index (Phi) is 6.27. The summed E-state index contributed by atoms with van der Waals surface area (Å²) in [6, 6.07) is 19.6. The van der Waals surface area contributed by atoms with Gasteiger partial charge in [-0.2, -0.15) is 0 Å². The zero-order valence-corrected chi connectivity index (χ0v) is 18.7. The maximum absolute atomic E-state index is 14.6. The molecule has 4 nitrogen and oxygen atoms in total. The molecule has 1 saturated heterocycles. The lowest BCUT2D eigenvalue weighted by Gasteiger charge is -2.32. The van der Waals surface area contributed by atoms with Crippen LogP contribution in [0.4, 0.5) is 8.78 Å². The van der Waals surface area contributed by atoms with Gasteiger partial charge in [0.15, 0.2) is 0 Å². The SMILES string of the molecule is CN(C)C(=O)C1(Cc2ccccc2-c2ccccc2F)CCN(C(=O)c2cccc(F)c2)C1. The normalized spacial score (nSPS) is 17.8. The van der Waals surface area contributed by atoms with Crippen molar-refractivity contribution in [3.63, 3.8) is 0 Å². The molecule has 0 radical (unpaired) electrons. The minimum absolute atomic E-state index is 0.0830. The van der Waals surface area contributed by atoms with Crippen molar-refractivity contribution in [3.05, 3.63) is 95.6 Å². The second-order valence-electron chi connectivity index (χ2n) is 8.78. The molecule has 1 fully saturated rings. The van der Waals surface area contributed by atoms with E-state index in [0.717, 1.165) is 11.1 Å². The Bertz CT molecular complexity index is 1190. The van der Waals surface area contributed by atoms with Gasteiger partial charge in [0.25, 0.3) is 5.91 Å². The van der Waals surface area contributed by atoms with Gasteiger partial charge in [0, 0.05) is 38.3 Å². The molecule has 0 saturated carbocycles. The Balaban J connectivity index is 1.69. The molecule has 170 valence electrons. The van der Waals surface area contributed by atoms with E-state index in [1.165, 1.54) is 24.3 Å². The van der Waals surface area contributed by atoms with E-state index in [1.807, 2.05) is 24.3 Å². The average Bonchev–Trinajstić information content (AvgIpc) is 3.24. The summed E-state index contributed by atoms with van der Waals surface area (Å²) in [4.78, 5) is 29.6. The minimum Gasteiger partial charge on any atom is -0.348 e. The number of likely N-dealkylation sites (tertiary alicyclic amines) is 1. The largest absolute Gasteiger partial charge is 0.348 e. The van der Waals surface area contributed by atoms with Crippen LogP contribution >= 0.6 is 0 Å². The van der Waals surface area contributed by atoms with E-state index in [9.17, 15) is 18.4 Å². The van der Waals surface area contributed by atoms with Gasteiger partial charge < -0.3 is 9.80 Å². The first kappa shape index (κ1) is 22.6. The van der Waals surface area contributed by atoms with Crippen LogP contribution in [0.25, 0.3) is 11.1 Å². The van der Waals surface area contributed by atoms with Gasteiger partial charge in [-0.15, -0.1) is 0 Å². The first-order valence-electron chi connectivity index (χ1n) is 10.9. The number of nitrogens with zero attached hydrogens (tertiary/aromatic N) is 2. The highest BCUT2D eigenvalue weighted by atomic mass is 19.1. The van der Waals surface area contributed by atoms with Gasteiger partial charge >= 0.3 is 0 Å². The third kappa shape index (κ3) is 4.51. The average molecular weight is 449 g/mol. The first-order chi connectivity index (χ1) is 15.8. The second-order valence-corrected chi connectivity index (χ2v) is 8.78. The Labute approximate surface area is 192 Å².